The van der Waals surface area contributed by atoms with Gasteiger partial charge in [-0.15, -0.1) is 0 Å². The number of aromatic nitrogens is 4. The molecule has 0 aliphatic carbocycles. The highest BCUT2D eigenvalue weighted by Gasteiger charge is 2.41. The molecule has 320 valence electrons. The molecule has 0 bridgehead atoms. The largest absolute Gasteiger partial charge is 0.458 e. The summed E-state index contributed by atoms with van der Waals surface area (Å²) in [5.74, 6) is 2.53. The number of aryl methyl sites for hydroxylation is 1. The van der Waals surface area contributed by atoms with Gasteiger partial charge in [-0.3, -0.25) is 13.7 Å². The lowest BCUT2D eigenvalue weighted by atomic mass is 9.88. The topological polar surface area (TPSA) is 35.9 Å². The third kappa shape index (κ3) is 5.99. The zero-order valence-electron chi connectivity index (χ0n) is 37.1. The Morgan fingerprint density at radius 1 is 0.507 bits per heavy atom. The van der Waals surface area contributed by atoms with Crippen molar-refractivity contribution in [3.63, 3.8) is 0 Å². The standard InChI is InChI=1S/C61H46N4OSi/c1-2-16-41(17-3-1)46-26-13-27-53-49-23-6-4-21-47(49)48-22-5-7-24-50(48)54-28-14-30-56-61(54)64(60(46)53)40-63(56)43-19-12-20-44(37-43)66-45-31-32-52-51-25-8-9-29-55(51)65(57(52)38-45)59-36-42-18-15-35-67(33-10-11-34-67)58(42)39-62-59/h1-9,12-14,16-17,19-32,36-39H,10-11,15,18,33-35H2. The van der Waals surface area contributed by atoms with Crippen LogP contribution in [0.2, 0.25) is 18.1 Å². The number of ether oxygens (including phenoxy) is 1. The van der Waals surface area contributed by atoms with E-state index in [2.05, 4.69) is 214 Å². The Labute approximate surface area is 390 Å². The van der Waals surface area contributed by atoms with Gasteiger partial charge in [0.2, 0.25) is 0 Å². The number of nitrogens with zero attached hydrogens (tertiary/aromatic N) is 4. The molecule has 14 rings (SSSR count). The molecule has 1 fully saturated rings. The molecule has 0 radical (unpaired) electrons. The molecule has 67 heavy (non-hydrogen) atoms. The molecule has 1 saturated heterocycles. The second-order valence-electron chi connectivity index (χ2n) is 18.8. The van der Waals surface area contributed by atoms with Gasteiger partial charge in [0.25, 0.3) is 6.33 Å². The van der Waals surface area contributed by atoms with Crippen LogP contribution in [0, 0.1) is 6.33 Å². The molecule has 3 aliphatic rings. The first-order valence-corrected chi connectivity index (χ1v) is 26.5. The van der Waals surface area contributed by atoms with Crippen molar-refractivity contribution in [1.29, 1.82) is 0 Å². The molecule has 0 unspecified atom stereocenters. The summed E-state index contributed by atoms with van der Waals surface area (Å²) in [4.78, 5) is 5.28. The van der Waals surface area contributed by atoms with Gasteiger partial charge in [0.05, 0.1) is 41.5 Å². The molecule has 3 aliphatic heterocycles. The maximum absolute atomic E-state index is 6.88. The summed E-state index contributed by atoms with van der Waals surface area (Å²) in [6, 6.07) is 72.2. The van der Waals surface area contributed by atoms with Crippen LogP contribution in [0.1, 0.15) is 24.8 Å². The predicted molar refractivity (Wildman–Crippen MR) is 275 cm³/mol. The van der Waals surface area contributed by atoms with Gasteiger partial charge >= 0.3 is 0 Å². The van der Waals surface area contributed by atoms with Crippen molar-refractivity contribution in [2.24, 2.45) is 0 Å². The van der Waals surface area contributed by atoms with Crippen LogP contribution in [0.5, 0.6) is 11.5 Å². The minimum atomic E-state index is -1.42. The maximum Gasteiger partial charge on any atom is 0.269 e. The third-order valence-corrected chi connectivity index (χ3v) is 20.7. The van der Waals surface area contributed by atoms with Gasteiger partial charge in [-0.25, -0.2) is 4.98 Å². The minimum Gasteiger partial charge on any atom is -0.458 e. The molecule has 0 N–H and O–H groups in total. The summed E-state index contributed by atoms with van der Waals surface area (Å²) in [6.07, 6.45) is 11.5. The van der Waals surface area contributed by atoms with Crippen LogP contribution in [0.15, 0.2) is 194 Å². The third-order valence-electron chi connectivity index (χ3n) is 15.1. The average molecular weight is 879 g/mol. The molecule has 8 aromatic carbocycles. The first-order valence-electron chi connectivity index (χ1n) is 23.9. The minimum absolute atomic E-state index is 0.752. The van der Waals surface area contributed by atoms with E-state index in [1.54, 1.807) is 5.19 Å². The van der Waals surface area contributed by atoms with Crippen LogP contribution in [0.3, 0.4) is 0 Å². The first-order chi connectivity index (χ1) is 33.2. The van der Waals surface area contributed by atoms with E-state index in [9.17, 15) is 0 Å². The van der Waals surface area contributed by atoms with Crippen LogP contribution in [0.4, 0.5) is 0 Å². The number of hydrogen-bond acceptors (Lipinski definition) is 2. The van der Waals surface area contributed by atoms with Gasteiger partial charge < -0.3 is 4.74 Å². The number of hydrogen-bond donors (Lipinski definition) is 0. The fraction of sp³-hybridized carbons (Fsp3) is 0.115. The van der Waals surface area contributed by atoms with Crippen molar-refractivity contribution in [2.45, 2.75) is 43.8 Å². The van der Waals surface area contributed by atoms with E-state index in [1.807, 2.05) is 0 Å². The molecule has 1 spiro atoms. The molecule has 6 heteroatoms. The predicted octanol–water partition coefficient (Wildman–Crippen LogP) is 14.4. The molecular formula is C61H46N4OSi. The zero-order chi connectivity index (χ0) is 44.1. The van der Waals surface area contributed by atoms with Crippen molar-refractivity contribution in [3.05, 3.63) is 206 Å². The highest BCUT2D eigenvalue weighted by atomic mass is 28.3. The Morgan fingerprint density at radius 2 is 1.13 bits per heavy atom. The van der Waals surface area contributed by atoms with E-state index in [4.69, 9.17) is 9.72 Å². The van der Waals surface area contributed by atoms with Crippen LogP contribution >= 0.6 is 0 Å². The Hall–Kier alpha value is -7.80. The lowest BCUT2D eigenvalue weighted by Gasteiger charge is -2.33. The fourth-order valence-corrected chi connectivity index (χ4v) is 17.7. The molecule has 11 aromatic rings. The smallest absolute Gasteiger partial charge is 0.269 e. The Balaban J connectivity index is 0.917. The van der Waals surface area contributed by atoms with E-state index in [-0.39, 0.29) is 0 Å². The van der Waals surface area contributed by atoms with Gasteiger partial charge in [0.15, 0.2) is 0 Å². The summed E-state index contributed by atoms with van der Waals surface area (Å²) in [5, 5.41) is 4.05. The number of benzene rings is 8. The molecule has 3 aromatic heterocycles. The van der Waals surface area contributed by atoms with Crippen molar-refractivity contribution in [1.82, 2.24) is 14.1 Å². The highest BCUT2D eigenvalue weighted by molar-refractivity contribution is 6.92. The molecular weight excluding hydrogens is 833 g/mol. The van der Waals surface area contributed by atoms with Crippen molar-refractivity contribution < 1.29 is 9.30 Å². The van der Waals surface area contributed by atoms with Gasteiger partial charge in [-0.2, -0.15) is 0 Å². The van der Waals surface area contributed by atoms with E-state index < -0.39 is 8.07 Å². The molecule has 5 nitrogen and oxygen atoms in total. The Bertz CT molecular complexity index is 3780. The second-order valence-corrected chi connectivity index (χ2v) is 23.4. The normalized spacial score (nSPS) is 14.6. The highest BCUT2D eigenvalue weighted by Crippen LogP contribution is 2.45. The lowest BCUT2D eigenvalue weighted by Crippen LogP contribution is -2.49. The number of para-hydroxylation sites is 3. The summed E-state index contributed by atoms with van der Waals surface area (Å²) in [5.41, 5.74) is 17.4. The zero-order valence-corrected chi connectivity index (χ0v) is 38.1. The second kappa shape index (κ2) is 15.1. The Kier molecular flexibility index (Phi) is 8.68. The maximum atomic E-state index is 6.88. The summed E-state index contributed by atoms with van der Waals surface area (Å²) >= 11 is 0. The van der Waals surface area contributed by atoms with Gasteiger partial charge in [0, 0.05) is 23.0 Å². The van der Waals surface area contributed by atoms with E-state index in [1.165, 1.54) is 76.0 Å². The fourth-order valence-electron chi connectivity index (χ4n) is 12.2. The summed E-state index contributed by atoms with van der Waals surface area (Å²) in [6.45, 7) is 0. The van der Waals surface area contributed by atoms with Crippen LogP contribution < -0.4 is 14.5 Å². The first kappa shape index (κ1) is 38.5. The number of imidazole rings is 1. The average Bonchev–Trinajstić information content (AvgIpc) is 4.11. The molecule has 0 saturated carbocycles. The van der Waals surface area contributed by atoms with E-state index in [0.29, 0.717) is 0 Å². The van der Waals surface area contributed by atoms with Crippen LogP contribution in [-0.2, 0) is 6.42 Å². The van der Waals surface area contributed by atoms with E-state index >= 15 is 0 Å². The van der Waals surface area contributed by atoms with Crippen LogP contribution in [0.25, 0.3) is 94.5 Å². The van der Waals surface area contributed by atoms with Gasteiger partial charge in [0.1, 0.15) is 17.3 Å². The monoisotopic (exact) mass is 878 g/mol. The molecule has 0 amide bonds. The molecule has 6 heterocycles. The van der Waals surface area contributed by atoms with Gasteiger partial charge in [-0.1, -0.05) is 177 Å². The summed E-state index contributed by atoms with van der Waals surface area (Å²) in [7, 11) is -1.42. The Morgan fingerprint density at radius 3 is 1.97 bits per heavy atom. The quantitative estimate of drug-likeness (QED) is 0.0981. The van der Waals surface area contributed by atoms with Crippen molar-refractivity contribution in [3.8, 4) is 73.2 Å². The van der Waals surface area contributed by atoms with Crippen molar-refractivity contribution >= 4 is 46.1 Å². The van der Waals surface area contributed by atoms with Crippen LogP contribution in [-0.4, -0.2) is 22.2 Å². The summed E-state index contributed by atoms with van der Waals surface area (Å²) < 4.78 is 13.8. The SMILES string of the molecule is [c-]1n(-c2cccc(Oc3ccc4c5ccccc5n(-c5cc6c(cn5)[Si]5(CCCC5)CCC6)c4c3)c2)c2cccc3c2[n+]1-c1c(-c2ccccc2)cccc1-c1ccccc1-c1ccccc1-3. The number of fused-ring (bicyclic) bond motifs is 12. The van der Waals surface area contributed by atoms with Gasteiger partial charge in [-0.05, 0) is 104 Å². The van der Waals surface area contributed by atoms with E-state index in [0.717, 1.165) is 79.4 Å². The lowest BCUT2D eigenvalue weighted by molar-refractivity contribution is -0.570. The number of rotatable bonds is 5. The number of pyridine rings is 1. The molecule has 0 atom stereocenters. The van der Waals surface area contributed by atoms with Crippen molar-refractivity contribution in [2.75, 3.05) is 0 Å².